The molecule has 2 N–H and O–H groups in total. The predicted molar refractivity (Wildman–Crippen MR) is 105 cm³/mol. The summed E-state index contributed by atoms with van der Waals surface area (Å²) in [4.78, 5) is 16.5. The maximum absolute atomic E-state index is 12.9. The Morgan fingerprint density at radius 1 is 1.04 bits per heavy atom. The second kappa shape index (κ2) is 8.94. The molecule has 0 bridgehead atoms. The van der Waals surface area contributed by atoms with E-state index < -0.39 is 0 Å². The summed E-state index contributed by atoms with van der Waals surface area (Å²) in [5.41, 5.74) is 4.51. The number of hydrogen-bond acceptors (Lipinski definition) is 3. The second-order valence-corrected chi connectivity index (χ2v) is 6.34. The number of pyridine rings is 1. The topological polar surface area (TPSA) is 54.0 Å². The lowest BCUT2D eigenvalue weighted by atomic mass is 10.1. The molecule has 0 aliphatic heterocycles. The highest BCUT2D eigenvalue weighted by Gasteiger charge is 2.07. The van der Waals surface area contributed by atoms with Crippen LogP contribution in [0, 0.1) is 12.7 Å². The molecule has 1 aromatic heterocycles. The van der Waals surface area contributed by atoms with Gasteiger partial charge in [-0.05, 0) is 54.3 Å². The lowest BCUT2D eigenvalue weighted by molar-refractivity contribution is 0.0946. The SMILES string of the molecule is Cc1ccccc1CNC(=O)c1ccc(NCCc2ccc(F)cc2)cn1. The number of aromatic nitrogens is 1. The number of amides is 1. The first-order valence-electron chi connectivity index (χ1n) is 8.89. The van der Waals surface area contributed by atoms with Gasteiger partial charge in [0, 0.05) is 13.1 Å². The highest BCUT2D eigenvalue weighted by Crippen LogP contribution is 2.09. The summed E-state index contributed by atoms with van der Waals surface area (Å²) in [5, 5.41) is 6.14. The molecule has 0 radical (unpaired) electrons. The maximum Gasteiger partial charge on any atom is 0.270 e. The summed E-state index contributed by atoms with van der Waals surface area (Å²) < 4.78 is 12.9. The van der Waals surface area contributed by atoms with Gasteiger partial charge >= 0.3 is 0 Å². The van der Waals surface area contributed by atoms with Crippen LogP contribution in [0.5, 0.6) is 0 Å². The van der Waals surface area contributed by atoms with Gasteiger partial charge in [0.15, 0.2) is 0 Å². The third kappa shape index (κ3) is 5.38. The van der Waals surface area contributed by atoms with Crippen molar-refractivity contribution in [3.63, 3.8) is 0 Å². The van der Waals surface area contributed by atoms with Gasteiger partial charge in [0.25, 0.3) is 5.91 Å². The van der Waals surface area contributed by atoms with Gasteiger partial charge in [-0.3, -0.25) is 4.79 Å². The fourth-order valence-electron chi connectivity index (χ4n) is 2.71. The number of benzene rings is 2. The minimum Gasteiger partial charge on any atom is -0.383 e. The number of carbonyl (C=O) groups excluding carboxylic acids is 1. The highest BCUT2D eigenvalue weighted by molar-refractivity contribution is 5.92. The van der Waals surface area contributed by atoms with Crippen LogP contribution < -0.4 is 10.6 Å². The van der Waals surface area contributed by atoms with E-state index in [2.05, 4.69) is 15.6 Å². The Morgan fingerprint density at radius 3 is 2.52 bits per heavy atom. The van der Waals surface area contributed by atoms with Crippen LogP contribution in [0.4, 0.5) is 10.1 Å². The fourth-order valence-corrected chi connectivity index (χ4v) is 2.71. The largest absolute Gasteiger partial charge is 0.383 e. The molecule has 0 aliphatic carbocycles. The summed E-state index contributed by atoms with van der Waals surface area (Å²) in [6.07, 6.45) is 2.42. The number of hydrogen-bond donors (Lipinski definition) is 2. The Morgan fingerprint density at radius 2 is 1.81 bits per heavy atom. The average molecular weight is 363 g/mol. The van der Waals surface area contributed by atoms with Crippen molar-refractivity contribution in [2.45, 2.75) is 19.9 Å². The zero-order valence-corrected chi connectivity index (χ0v) is 15.2. The predicted octanol–water partition coefficient (Wildman–Crippen LogP) is 4.11. The quantitative estimate of drug-likeness (QED) is 0.664. The molecule has 0 spiro atoms. The highest BCUT2D eigenvalue weighted by atomic mass is 19.1. The number of halogens is 1. The molecule has 138 valence electrons. The van der Waals surface area contributed by atoms with Crippen molar-refractivity contribution in [1.82, 2.24) is 10.3 Å². The first kappa shape index (κ1) is 18.6. The number of nitrogens with one attached hydrogen (secondary N) is 2. The smallest absolute Gasteiger partial charge is 0.270 e. The molecule has 3 rings (SSSR count). The zero-order chi connectivity index (χ0) is 19.1. The Labute approximate surface area is 158 Å². The molecule has 3 aromatic rings. The zero-order valence-electron chi connectivity index (χ0n) is 15.2. The van der Waals surface area contributed by atoms with E-state index in [9.17, 15) is 9.18 Å². The van der Waals surface area contributed by atoms with E-state index in [0.717, 1.165) is 28.8 Å². The Hall–Kier alpha value is -3.21. The maximum atomic E-state index is 12.9. The minimum absolute atomic E-state index is 0.198. The molecular formula is C22H22FN3O. The van der Waals surface area contributed by atoms with Crippen LogP contribution in [-0.4, -0.2) is 17.4 Å². The van der Waals surface area contributed by atoms with Crippen molar-refractivity contribution >= 4 is 11.6 Å². The molecule has 1 amide bonds. The van der Waals surface area contributed by atoms with E-state index in [1.165, 1.54) is 12.1 Å². The van der Waals surface area contributed by atoms with Gasteiger partial charge in [0.1, 0.15) is 11.5 Å². The second-order valence-electron chi connectivity index (χ2n) is 6.34. The summed E-state index contributed by atoms with van der Waals surface area (Å²) >= 11 is 0. The first-order chi connectivity index (χ1) is 13.1. The number of rotatable bonds is 7. The molecule has 0 saturated carbocycles. The van der Waals surface area contributed by atoms with E-state index in [0.29, 0.717) is 18.8 Å². The number of aryl methyl sites for hydroxylation is 1. The van der Waals surface area contributed by atoms with Crippen LogP contribution in [-0.2, 0) is 13.0 Å². The third-order valence-electron chi connectivity index (χ3n) is 4.35. The van der Waals surface area contributed by atoms with E-state index in [1.807, 2.05) is 37.3 Å². The standard InChI is InChI=1S/C22H22FN3O/c1-16-4-2-3-5-18(16)14-26-22(27)21-11-10-20(15-25-21)24-13-12-17-6-8-19(23)9-7-17/h2-11,15,24H,12-14H2,1H3,(H,26,27). The van der Waals surface area contributed by atoms with E-state index in [4.69, 9.17) is 0 Å². The monoisotopic (exact) mass is 363 g/mol. The van der Waals surface area contributed by atoms with Crippen molar-refractivity contribution in [2.24, 2.45) is 0 Å². The van der Waals surface area contributed by atoms with Crippen LogP contribution in [0.3, 0.4) is 0 Å². The average Bonchev–Trinajstić information content (AvgIpc) is 2.69. The Kier molecular flexibility index (Phi) is 6.15. The summed E-state index contributed by atoms with van der Waals surface area (Å²) in [6.45, 7) is 3.20. The van der Waals surface area contributed by atoms with Gasteiger partial charge in [-0.2, -0.15) is 0 Å². The van der Waals surface area contributed by atoms with E-state index in [1.54, 1.807) is 24.4 Å². The van der Waals surface area contributed by atoms with Gasteiger partial charge in [-0.25, -0.2) is 9.37 Å². The lowest BCUT2D eigenvalue weighted by Crippen LogP contribution is -2.24. The van der Waals surface area contributed by atoms with Gasteiger partial charge in [-0.1, -0.05) is 36.4 Å². The third-order valence-corrected chi connectivity index (χ3v) is 4.35. The summed E-state index contributed by atoms with van der Waals surface area (Å²) in [7, 11) is 0. The van der Waals surface area contributed by atoms with Crippen molar-refractivity contribution in [3.05, 3.63) is 95.1 Å². The number of carbonyl (C=O) groups is 1. The molecular weight excluding hydrogens is 341 g/mol. The van der Waals surface area contributed by atoms with Gasteiger partial charge in [0.2, 0.25) is 0 Å². The summed E-state index contributed by atoms with van der Waals surface area (Å²) in [5.74, 6) is -0.427. The molecule has 1 heterocycles. The molecule has 0 aliphatic rings. The number of anilines is 1. The van der Waals surface area contributed by atoms with Crippen molar-refractivity contribution < 1.29 is 9.18 Å². The van der Waals surface area contributed by atoms with Crippen LogP contribution in [0.15, 0.2) is 66.9 Å². The van der Waals surface area contributed by atoms with E-state index in [-0.39, 0.29) is 11.7 Å². The van der Waals surface area contributed by atoms with E-state index >= 15 is 0 Å². The molecule has 5 heteroatoms. The Balaban J connectivity index is 1.48. The lowest BCUT2D eigenvalue weighted by Gasteiger charge is -2.09. The van der Waals surface area contributed by atoms with Gasteiger partial charge in [-0.15, -0.1) is 0 Å². The molecule has 27 heavy (non-hydrogen) atoms. The number of nitrogens with zero attached hydrogens (tertiary/aromatic N) is 1. The minimum atomic E-state index is -0.229. The van der Waals surface area contributed by atoms with Crippen molar-refractivity contribution in [3.8, 4) is 0 Å². The molecule has 0 fully saturated rings. The van der Waals surface area contributed by atoms with Crippen LogP contribution in [0.2, 0.25) is 0 Å². The molecule has 0 saturated heterocycles. The van der Waals surface area contributed by atoms with Crippen LogP contribution in [0.1, 0.15) is 27.2 Å². The molecule has 2 aromatic carbocycles. The first-order valence-corrected chi connectivity index (χ1v) is 8.89. The summed E-state index contributed by atoms with van der Waals surface area (Å²) in [6, 6.07) is 18.0. The van der Waals surface area contributed by atoms with Crippen LogP contribution in [0.25, 0.3) is 0 Å². The van der Waals surface area contributed by atoms with Crippen molar-refractivity contribution in [1.29, 1.82) is 0 Å². The molecule has 0 unspecified atom stereocenters. The van der Waals surface area contributed by atoms with Gasteiger partial charge in [0.05, 0.1) is 11.9 Å². The fraction of sp³-hybridized carbons (Fsp3) is 0.182. The van der Waals surface area contributed by atoms with Crippen molar-refractivity contribution in [2.75, 3.05) is 11.9 Å². The Bertz CT molecular complexity index is 892. The van der Waals surface area contributed by atoms with Gasteiger partial charge < -0.3 is 10.6 Å². The molecule has 0 atom stereocenters. The van der Waals surface area contributed by atoms with Crippen LogP contribution >= 0.6 is 0 Å². The molecule has 4 nitrogen and oxygen atoms in total. The normalized spacial score (nSPS) is 10.4.